The first-order chi connectivity index (χ1) is 8.36. The summed E-state index contributed by atoms with van der Waals surface area (Å²) in [6.07, 6.45) is 8.22. The highest BCUT2D eigenvalue weighted by atomic mass is 14.9. The number of benzene rings is 1. The minimum atomic E-state index is 0.716. The lowest BCUT2D eigenvalue weighted by Crippen LogP contribution is -2.33. The lowest BCUT2D eigenvalue weighted by Gasteiger charge is -2.20. The largest absolute Gasteiger partial charge is 0.314 e. The van der Waals surface area contributed by atoms with Crippen LogP contribution < -0.4 is 5.32 Å². The van der Waals surface area contributed by atoms with Crippen LogP contribution in [0.4, 0.5) is 0 Å². The lowest BCUT2D eigenvalue weighted by molar-refractivity contribution is 0.380. The summed E-state index contributed by atoms with van der Waals surface area (Å²) in [6, 6.07) is 11.5. The fraction of sp³-hybridized carbons (Fsp3) is 0.625. The number of rotatable bonds is 6. The molecule has 1 aromatic rings. The molecule has 0 unspecified atom stereocenters. The molecule has 0 radical (unpaired) electrons. The summed E-state index contributed by atoms with van der Waals surface area (Å²) in [7, 11) is 0. The van der Waals surface area contributed by atoms with Crippen LogP contribution in [0, 0.1) is 5.92 Å². The molecule has 1 N–H and O–H groups in total. The standard InChI is InChI=1S/C16H25N/c1-14(16-11-5-6-12-16)17-13-7-10-15-8-3-2-4-9-15/h2-4,8-9,14,16-17H,5-7,10-13H2,1H3/t14-/m1/s1. The lowest BCUT2D eigenvalue weighted by atomic mass is 9.99. The van der Waals surface area contributed by atoms with Crippen LogP contribution in [0.1, 0.15) is 44.6 Å². The summed E-state index contributed by atoms with van der Waals surface area (Å²) in [5.74, 6) is 0.937. The monoisotopic (exact) mass is 231 g/mol. The van der Waals surface area contributed by atoms with Crippen molar-refractivity contribution in [2.75, 3.05) is 6.54 Å². The van der Waals surface area contributed by atoms with Gasteiger partial charge in [0.05, 0.1) is 0 Å². The fourth-order valence-electron chi connectivity index (χ4n) is 2.89. The second kappa shape index (κ2) is 6.80. The molecule has 94 valence electrons. The van der Waals surface area contributed by atoms with E-state index in [9.17, 15) is 0 Å². The maximum absolute atomic E-state index is 3.69. The molecule has 0 amide bonds. The molecule has 1 aliphatic carbocycles. The van der Waals surface area contributed by atoms with Gasteiger partial charge < -0.3 is 5.32 Å². The third kappa shape index (κ3) is 4.16. The molecule has 1 atom stereocenters. The zero-order valence-electron chi connectivity index (χ0n) is 11.0. The summed E-state index contributed by atoms with van der Waals surface area (Å²) in [6.45, 7) is 3.52. The van der Waals surface area contributed by atoms with Crippen LogP contribution in [0.2, 0.25) is 0 Å². The maximum Gasteiger partial charge on any atom is 0.00669 e. The SMILES string of the molecule is C[C@@H](NCCCc1ccccc1)C1CCCC1. The zero-order chi connectivity index (χ0) is 11.9. The summed E-state index contributed by atoms with van der Waals surface area (Å²) in [4.78, 5) is 0. The van der Waals surface area contributed by atoms with E-state index < -0.39 is 0 Å². The molecule has 1 nitrogen and oxygen atoms in total. The molecule has 1 saturated carbocycles. The van der Waals surface area contributed by atoms with E-state index in [0.717, 1.165) is 12.5 Å². The van der Waals surface area contributed by atoms with E-state index in [4.69, 9.17) is 0 Å². The first-order valence-corrected chi connectivity index (χ1v) is 7.13. The van der Waals surface area contributed by atoms with Crippen LogP contribution in [0.15, 0.2) is 30.3 Å². The number of hydrogen-bond acceptors (Lipinski definition) is 1. The van der Waals surface area contributed by atoms with Crippen LogP contribution >= 0.6 is 0 Å². The number of hydrogen-bond donors (Lipinski definition) is 1. The van der Waals surface area contributed by atoms with Gasteiger partial charge in [0.15, 0.2) is 0 Å². The summed E-state index contributed by atoms with van der Waals surface area (Å²) < 4.78 is 0. The van der Waals surface area contributed by atoms with Gasteiger partial charge in [-0.15, -0.1) is 0 Å². The van der Waals surface area contributed by atoms with E-state index in [-0.39, 0.29) is 0 Å². The molecule has 1 fully saturated rings. The molecule has 0 aromatic heterocycles. The Morgan fingerprint density at radius 3 is 2.59 bits per heavy atom. The zero-order valence-corrected chi connectivity index (χ0v) is 11.0. The molecular weight excluding hydrogens is 206 g/mol. The molecule has 17 heavy (non-hydrogen) atoms. The van der Waals surface area contributed by atoms with E-state index in [2.05, 4.69) is 42.6 Å². The van der Waals surface area contributed by atoms with E-state index >= 15 is 0 Å². The van der Waals surface area contributed by atoms with Gasteiger partial charge in [-0.3, -0.25) is 0 Å². The van der Waals surface area contributed by atoms with Crippen molar-refractivity contribution in [2.24, 2.45) is 5.92 Å². The van der Waals surface area contributed by atoms with Crippen LogP contribution in [-0.2, 0) is 6.42 Å². The van der Waals surface area contributed by atoms with Gasteiger partial charge in [-0.1, -0.05) is 43.2 Å². The Kier molecular flexibility index (Phi) is 5.06. The van der Waals surface area contributed by atoms with E-state index in [1.54, 1.807) is 0 Å². The van der Waals surface area contributed by atoms with Crippen molar-refractivity contribution in [2.45, 2.75) is 51.5 Å². The average Bonchev–Trinajstić information content (AvgIpc) is 2.89. The van der Waals surface area contributed by atoms with Gasteiger partial charge in [-0.2, -0.15) is 0 Å². The Balaban J connectivity index is 1.59. The van der Waals surface area contributed by atoms with Crippen molar-refractivity contribution in [3.8, 4) is 0 Å². The van der Waals surface area contributed by atoms with Gasteiger partial charge in [0.25, 0.3) is 0 Å². The molecular formula is C16H25N. The molecule has 0 spiro atoms. The van der Waals surface area contributed by atoms with Crippen LogP contribution in [0.25, 0.3) is 0 Å². The third-order valence-corrected chi connectivity index (χ3v) is 4.06. The second-order valence-electron chi connectivity index (χ2n) is 5.38. The van der Waals surface area contributed by atoms with Gasteiger partial charge >= 0.3 is 0 Å². The highest BCUT2D eigenvalue weighted by molar-refractivity contribution is 5.14. The Morgan fingerprint density at radius 1 is 1.18 bits per heavy atom. The second-order valence-corrected chi connectivity index (χ2v) is 5.38. The Bertz CT molecular complexity index is 301. The van der Waals surface area contributed by atoms with E-state index in [1.165, 1.54) is 44.1 Å². The van der Waals surface area contributed by atoms with Gasteiger partial charge in [-0.05, 0) is 50.6 Å². The molecule has 1 aliphatic rings. The Hall–Kier alpha value is -0.820. The van der Waals surface area contributed by atoms with Crippen LogP contribution in [-0.4, -0.2) is 12.6 Å². The molecule has 0 saturated heterocycles. The topological polar surface area (TPSA) is 12.0 Å². The number of aryl methyl sites for hydroxylation is 1. The van der Waals surface area contributed by atoms with Gasteiger partial charge in [0.1, 0.15) is 0 Å². The van der Waals surface area contributed by atoms with Crippen molar-refractivity contribution in [3.05, 3.63) is 35.9 Å². The van der Waals surface area contributed by atoms with Gasteiger partial charge in [-0.25, -0.2) is 0 Å². The predicted molar refractivity (Wildman–Crippen MR) is 74.2 cm³/mol. The van der Waals surface area contributed by atoms with E-state index in [1.807, 2.05) is 0 Å². The minimum Gasteiger partial charge on any atom is -0.314 e. The Morgan fingerprint density at radius 2 is 1.88 bits per heavy atom. The van der Waals surface area contributed by atoms with Crippen molar-refractivity contribution in [1.29, 1.82) is 0 Å². The molecule has 0 heterocycles. The molecule has 0 bridgehead atoms. The first kappa shape index (κ1) is 12.6. The average molecular weight is 231 g/mol. The third-order valence-electron chi connectivity index (χ3n) is 4.06. The summed E-state index contributed by atoms with van der Waals surface area (Å²) in [5.41, 5.74) is 1.46. The van der Waals surface area contributed by atoms with Crippen LogP contribution in [0.5, 0.6) is 0 Å². The molecule has 1 aromatic carbocycles. The normalized spacial score (nSPS) is 18.4. The van der Waals surface area contributed by atoms with Crippen molar-refractivity contribution >= 4 is 0 Å². The molecule has 1 heteroatoms. The quantitative estimate of drug-likeness (QED) is 0.735. The predicted octanol–water partition coefficient (Wildman–Crippen LogP) is 3.79. The summed E-state index contributed by atoms with van der Waals surface area (Å²) >= 11 is 0. The minimum absolute atomic E-state index is 0.716. The van der Waals surface area contributed by atoms with Crippen molar-refractivity contribution < 1.29 is 0 Å². The number of nitrogens with one attached hydrogen (secondary N) is 1. The molecule has 2 rings (SSSR count). The van der Waals surface area contributed by atoms with Crippen LogP contribution in [0.3, 0.4) is 0 Å². The maximum atomic E-state index is 3.69. The Labute approximate surface area is 106 Å². The highest BCUT2D eigenvalue weighted by Gasteiger charge is 2.20. The summed E-state index contributed by atoms with van der Waals surface area (Å²) in [5, 5.41) is 3.69. The van der Waals surface area contributed by atoms with Crippen molar-refractivity contribution in [1.82, 2.24) is 5.32 Å². The molecule has 0 aliphatic heterocycles. The first-order valence-electron chi connectivity index (χ1n) is 7.13. The smallest absolute Gasteiger partial charge is 0.00669 e. The van der Waals surface area contributed by atoms with E-state index in [0.29, 0.717) is 6.04 Å². The highest BCUT2D eigenvalue weighted by Crippen LogP contribution is 2.27. The van der Waals surface area contributed by atoms with Gasteiger partial charge in [0, 0.05) is 6.04 Å². The fourth-order valence-corrected chi connectivity index (χ4v) is 2.89. The van der Waals surface area contributed by atoms with Gasteiger partial charge in [0.2, 0.25) is 0 Å². The van der Waals surface area contributed by atoms with Crippen molar-refractivity contribution in [3.63, 3.8) is 0 Å².